The van der Waals surface area contributed by atoms with Gasteiger partial charge in [0, 0.05) is 61.6 Å². The Hall–Kier alpha value is -4.06. The molecule has 1 N–H and O–H groups in total. The maximum absolute atomic E-state index is 14.0. The first-order valence-electron chi connectivity index (χ1n) is 15.3. The first-order chi connectivity index (χ1) is 20.3. The van der Waals surface area contributed by atoms with Crippen LogP contribution in [0, 0.1) is 0 Å². The molecule has 0 bridgehead atoms. The van der Waals surface area contributed by atoms with Gasteiger partial charge in [-0.15, -0.1) is 0 Å². The standard InChI is InChI=1S/C36H46N4O2/c1-6-8-11-28-14-18-30(19-15-28)36(42)40(27(3)7-2)26-35(41)39(25-29-16-20-32(21-17-29)38(4)5)23-22-31-24-37-34-13-10-9-12-33(31)34/h9-10,12-21,24,27,37H,6-8,11,22-23,25-26H2,1-5H3. The van der Waals surface area contributed by atoms with E-state index in [2.05, 4.69) is 60.1 Å². The summed E-state index contributed by atoms with van der Waals surface area (Å²) in [6.07, 6.45) is 6.82. The predicted octanol–water partition coefficient (Wildman–Crippen LogP) is 7.09. The Balaban J connectivity index is 1.54. The minimum Gasteiger partial charge on any atom is -0.378 e. The molecule has 6 nitrogen and oxygen atoms in total. The molecule has 0 fully saturated rings. The zero-order valence-corrected chi connectivity index (χ0v) is 25.9. The van der Waals surface area contributed by atoms with Crippen molar-refractivity contribution in [3.63, 3.8) is 0 Å². The number of aromatic nitrogens is 1. The van der Waals surface area contributed by atoms with Crippen molar-refractivity contribution in [2.24, 2.45) is 0 Å². The predicted molar refractivity (Wildman–Crippen MR) is 174 cm³/mol. The number of hydrogen-bond acceptors (Lipinski definition) is 3. The van der Waals surface area contributed by atoms with Gasteiger partial charge < -0.3 is 19.7 Å². The summed E-state index contributed by atoms with van der Waals surface area (Å²) < 4.78 is 0. The van der Waals surface area contributed by atoms with Gasteiger partial charge in [0.2, 0.25) is 5.91 Å². The second-order valence-electron chi connectivity index (χ2n) is 11.5. The Labute approximate surface area is 251 Å². The quantitative estimate of drug-likeness (QED) is 0.177. The number of fused-ring (bicyclic) bond motifs is 1. The van der Waals surface area contributed by atoms with E-state index >= 15 is 0 Å². The third kappa shape index (κ3) is 7.81. The van der Waals surface area contributed by atoms with Crippen LogP contribution < -0.4 is 4.90 Å². The number of amides is 2. The molecule has 1 atom stereocenters. The van der Waals surface area contributed by atoms with Gasteiger partial charge in [0.1, 0.15) is 6.54 Å². The Morgan fingerprint density at radius 3 is 2.21 bits per heavy atom. The van der Waals surface area contributed by atoms with E-state index in [0.29, 0.717) is 18.7 Å². The van der Waals surface area contributed by atoms with Gasteiger partial charge in [0.05, 0.1) is 0 Å². The lowest BCUT2D eigenvalue weighted by Crippen LogP contribution is -2.46. The lowest BCUT2D eigenvalue weighted by atomic mass is 10.0. The molecule has 0 saturated heterocycles. The van der Waals surface area contributed by atoms with Gasteiger partial charge in [-0.1, -0.05) is 62.7 Å². The number of hydrogen-bond donors (Lipinski definition) is 1. The van der Waals surface area contributed by atoms with E-state index in [1.807, 2.05) is 68.5 Å². The van der Waals surface area contributed by atoms with Gasteiger partial charge in [-0.05, 0) is 79.6 Å². The average molecular weight is 567 g/mol. The van der Waals surface area contributed by atoms with Crippen LogP contribution in [-0.2, 0) is 24.2 Å². The smallest absolute Gasteiger partial charge is 0.254 e. The number of rotatable bonds is 14. The number of carbonyl (C=O) groups is 2. The number of anilines is 1. The third-order valence-corrected chi connectivity index (χ3v) is 8.21. The van der Waals surface area contributed by atoms with Crippen molar-refractivity contribution in [2.75, 3.05) is 32.1 Å². The lowest BCUT2D eigenvalue weighted by Gasteiger charge is -2.31. The third-order valence-electron chi connectivity index (χ3n) is 8.21. The highest BCUT2D eigenvalue weighted by Crippen LogP contribution is 2.20. The Morgan fingerprint density at radius 1 is 0.857 bits per heavy atom. The van der Waals surface area contributed by atoms with Gasteiger partial charge in [-0.25, -0.2) is 0 Å². The van der Waals surface area contributed by atoms with Gasteiger partial charge in [0.15, 0.2) is 0 Å². The molecule has 0 radical (unpaired) electrons. The Kier molecular flexibility index (Phi) is 10.8. The number of carbonyl (C=O) groups excluding carboxylic acids is 2. The summed E-state index contributed by atoms with van der Waals surface area (Å²) in [5.41, 5.74) is 6.33. The maximum atomic E-state index is 14.0. The molecule has 0 saturated carbocycles. The van der Waals surface area contributed by atoms with Gasteiger partial charge in [-0.2, -0.15) is 0 Å². The number of aryl methyl sites for hydroxylation is 1. The van der Waals surface area contributed by atoms with Crippen LogP contribution in [0.15, 0.2) is 79.0 Å². The van der Waals surface area contributed by atoms with Crippen LogP contribution in [0.1, 0.15) is 67.1 Å². The molecule has 0 aliphatic rings. The Morgan fingerprint density at radius 2 is 1.55 bits per heavy atom. The normalized spacial score (nSPS) is 11.8. The van der Waals surface area contributed by atoms with Crippen molar-refractivity contribution in [3.8, 4) is 0 Å². The number of benzene rings is 3. The fourth-order valence-corrected chi connectivity index (χ4v) is 5.26. The average Bonchev–Trinajstić information content (AvgIpc) is 3.43. The number of H-pyrrole nitrogens is 1. The van der Waals surface area contributed by atoms with Crippen molar-refractivity contribution < 1.29 is 9.59 Å². The van der Waals surface area contributed by atoms with Crippen LogP contribution >= 0.6 is 0 Å². The number of unbranched alkanes of at least 4 members (excludes halogenated alkanes) is 1. The van der Waals surface area contributed by atoms with Gasteiger partial charge in [-0.3, -0.25) is 9.59 Å². The fraction of sp³-hybridized carbons (Fsp3) is 0.389. The van der Waals surface area contributed by atoms with Crippen LogP contribution in [0.25, 0.3) is 10.9 Å². The summed E-state index contributed by atoms with van der Waals surface area (Å²) >= 11 is 0. The molecular formula is C36H46N4O2. The summed E-state index contributed by atoms with van der Waals surface area (Å²) in [5, 5.41) is 1.18. The molecule has 1 heterocycles. The summed E-state index contributed by atoms with van der Waals surface area (Å²) in [7, 11) is 4.04. The SMILES string of the molecule is CCCCc1ccc(C(=O)N(CC(=O)N(CCc2c[nH]c3ccccc23)Cc2ccc(N(C)C)cc2)C(C)CC)cc1. The van der Waals surface area contributed by atoms with Crippen molar-refractivity contribution in [1.29, 1.82) is 0 Å². The van der Waals surface area contributed by atoms with Crippen LogP contribution in [0.3, 0.4) is 0 Å². The zero-order valence-electron chi connectivity index (χ0n) is 25.9. The number of nitrogens with zero attached hydrogens (tertiary/aromatic N) is 3. The molecule has 4 aromatic rings. The molecule has 42 heavy (non-hydrogen) atoms. The number of para-hydroxylation sites is 1. The highest BCUT2D eigenvalue weighted by molar-refractivity contribution is 5.96. The second kappa shape index (κ2) is 14.7. The topological polar surface area (TPSA) is 59.7 Å². The van der Waals surface area contributed by atoms with E-state index in [0.717, 1.165) is 48.9 Å². The largest absolute Gasteiger partial charge is 0.378 e. The van der Waals surface area contributed by atoms with Crippen LogP contribution in [0.2, 0.25) is 0 Å². The summed E-state index contributed by atoms with van der Waals surface area (Å²) in [5.74, 6) is -0.133. The molecule has 2 amide bonds. The summed E-state index contributed by atoms with van der Waals surface area (Å²) in [6.45, 7) is 7.37. The van der Waals surface area contributed by atoms with E-state index in [1.165, 1.54) is 16.5 Å². The minimum atomic E-state index is -0.0911. The summed E-state index contributed by atoms with van der Waals surface area (Å²) in [4.78, 5) is 36.8. The maximum Gasteiger partial charge on any atom is 0.254 e. The fourth-order valence-electron chi connectivity index (χ4n) is 5.26. The molecular weight excluding hydrogens is 520 g/mol. The van der Waals surface area contributed by atoms with Crippen LogP contribution in [-0.4, -0.2) is 59.8 Å². The first kappa shape index (κ1) is 30.9. The molecule has 222 valence electrons. The molecule has 1 aromatic heterocycles. The van der Waals surface area contributed by atoms with Crippen LogP contribution in [0.5, 0.6) is 0 Å². The van der Waals surface area contributed by atoms with E-state index in [9.17, 15) is 9.59 Å². The molecule has 6 heteroatoms. The Bertz CT molecular complexity index is 1440. The van der Waals surface area contributed by atoms with Crippen molar-refractivity contribution >= 4 is 28.4 Å². The molecule has 4 rings (SSSR count). The van der Waals surface area contributed by atoms with E-state index < -0.39 is 0 Å². The lowest BCUT2D eigenvalue weighted by molar-refractivity contribution is -0.133. The van der Waals surface area contributed by atoms with Crippen LogP contribution in [0.4, 0.5) is 5.69 Å². The van der Waals surface area contributed by atoms with E-state index in [1.54, 1.807) is 4.90 Å². The number of aromatic amines is 1. The second-order valence-corrected chi connectivity index (χ2v) is 11.5. The summed E-state index contributed by atoms with van der Waals surface area (Å²) in [6, 6.07) is 24.4. The molecule has 3 aromatic carbocycles. The highest BCUT2D eigenvalue weighted by Gasteiger charge is 2.26. The van der Waals surface area contributed by atoms with Gasteiger partial charge in [0.25, 0.3) is 5.91 Å². The first-order valence-corrected chi connectivity index (χ1v) is 15.3. The monoisotopic (exact) mass is 566 g/mol. The minimum absolute atomic E-state index is 0.0419. The van der Waals surface area contributed by atoms with Gasteiger partial charge >= 0.3 is 0 Å². The van der Waals surface area contributed by atoms with Crippen molar-refractivity contribution in [1.82, 2.24) is 14.8 Å². The molecule has 0 aliphatic heterocycles. The molecule has 0 aliphatic carbocycles. The van der Waals surface area contributed by atoms with E-state index in [4.69, 9.17) is 0 Å². The van der Waals surface area contributed by atoms with Crippen molar-refractivity contribution in [2.45, 2.75) is 65.5 Å². The zero-order chi connectivity index (χ0) is 30.1. The molecule has 1 unspecified atom stereocenters. The number of nitrogens with one attached hydrogen (secondary N) is 1. The molecule has 0 spiro atoms. The highest BCUT2D eigenvalue weighted by atomic mass is 16.2. The van der Waals surface area contributed by atoms with E-state index in [-0.39, 0.29) is 24.4 Å². The van der Waals surface area contributed by atoms with Crippen molar-refractivity contribution in [3.05, 3.63) is 101 Å².